The van der Waals surface area contributed by atoms with Gasteiger partial charge in [-0.1, -0.05) is 151 Å². The first-order chi connectivity index (χ1) is 32.6. The summed E-state index contributed by atoms with van der Waals surface area (Å²) in [6.07, 6.45) is 0. The number of rotatable bonds is 4. The zero-order valence-electron chi connectivity index (χ0n) is 44.8. The van der Waals surface area contributed by atoms with Gasteiger partial charge in [0.1, 0.15) is 11.2 Å². The molecule has 0 saturated heterocycles. The molecule has 0 saturated carbocycles. The molecule has 228 valence electrons. The van der Waals surface area contributed by atoms with Crippen LogP contribution in [0.3, 0.4) is 0 Å². The minimum Gasteiger partial charge on any atom is -0.456 e. The minimum atomic E-state index is -0.903. The van der Waals surface area contributed by atoms with Gasteiger partial charge < -0.3 is 4.42 Å². The maximum absolute atomic E-state index is 9.37. The Labute approximate surface area is 310 Å². The Morgan fingerprint density at radius 2 is 1.00 bits per heavy atom. The van der Waals surface area contributed by atoms with Crippen LogP contribution in [0.4, 0.5) is 0 Å². The summed E-state index contributed by atoms with van der Waals surface area (Å²) in [7, 11) is 0. The predicted octanol–water partition coefficient (Wildman–Crippen LogP) is 11.9. The van der Waals surface area contributed by atoms with Gasteiger partial charge in [0.15, 0.2) is 17.5 Å². The van der Waals surface area contributed by atoms with Crippen LogP contribution in [0.25, 0.3) is 99.5 Å². The average Bonchev–Trinajstić information content (AvgIpc) is 3.73. The molecule has 8 aromatic carbocycles. The van der Waals surface area contributed by atoms with Crippen molar-refractivity contribution in [3.05, 3.63) is 163 Å². The highest BCUT2D eigenvalue weighted by Crippen LogP contribution is 2.40. The van der Waals surface area contributed by atoms with E-state index in [4.69, 9.17) is 27.2 Å². The van der Waals surface area contributed by atoms with Crippen LogP contribution in [0.15, 0.2) is 168 Å². The van der Waals surface area contributed by atoms with Crippen molar-refractivity contribution in [2.45, 2.75) is 0 Å². The second-order valence-electron chi connectivity index (χ2n) is 10.8. The molecule has 0 aliphatic rings. The van der Waals surface area contributed by atoms with Gasteiger partial charge in [0.2, 0.25) is 0 Å². The molecule has 0 bridgehead atoms. The Morgan fingerprint density at radius 3 is 1.84 bits per heavy atom. The highest BCUT2D eigenvalue weighted by molar-refractivity contribution is 6.15. The fraction of sp³-hybridized carbons (Fsp3) is 0. The molecule has 49 heavy (non-hydrogen) atoms. The molecule has 0 radical (unpaired) electrons. The van der Waals surface area contributed by atoms with Crippen molar-refractivity contribution in [1.82, 2.24) is 15.0 Å². The number of benzene rings is 8. The number of para-hydroxylation sites is 1. The van der Waals surface area contributed by atoms with E-state index >= 15 is 0 Å². The van der Waals surface area contributed by atoms with E-state index in [0.717, 1.165) is 0 Å². The van der Waals surface area contributed by atoms with Gasteiger partial charge in [0, 0.05) is 27.5 Å². The molecule has 0 aliphatic carbocycles. The summed E-state index contributed by atoms with van der Waals surface area (Å²) in [6, 6.07) is -3.97. The van der Waals surface area contributed by atoms with Crippen LogP contribution in [0, 0.1) is 0 Å². The third kappa shape index (κ3) is 4.42. The summed E-state index contributed by atoms with van der Waals surface area (Å²) in [5, 5.41) is -1.97. The quantitative estimate of drug-likeness (QED) is 0.179. The normalized spacial score (nSPS) is 17.4. The number of furan rings is 1. The average molecular weight is 646 g/mol. The molecule has 10 rings (SSSR count). The fourth-order valence-electron chi connectivity index (χ4n) is 5.96. The van der Waals surface area contributed by atoms with Crippen molar-refractivity contribution in [2.24, 2.45) is 0 Å². The van der Waals surface area contributed by atoms with E-state index in [0.29, 0.717) is 21.9 Å². The van der Waals surface area contributed by atoms with Crippen LogP contribution in [0.5, 0.6) is 0 Å². The fourth-order valence-corrected chi connectivity index (χ4v) is 5.96. The summed E-state index contributed by atoms with van der Waals surface area (Å²) in [6.45, 7) is 0. The van der Waals surface area contributed by atoms with E-state index < -0.39 is 187 Å². The van der Waals surface area contributed by atoms with Crippen LogP contribution in [0.1, 0.15) is 27.4 Å². The van der Waals surface area contributed by atoms with Gasteiger partial charge in [-0.25, -0.2) is 15.0 Å². The molecule has 4 heteroatoms. The maximum atomic E-state index is 9.37. The van der Waals surface area contributed by atoms with E-state index in [1.807, 2.05) is 0 Å². The van der Waals surface area contributed by atoms with Crippen molar-refractivity contribution in [3.63, 3.8) is 0 Å². The molecule has 2 aromatic heterocycles. The topological polar surface area (TPSA) is 51.8 Å². The summed E-state index contributed by atoms with van der Waals surface area (Å²) < 4.78 is 184. The van der Waals surface area contributed by atoms with Gasteiger partial charge in [0.25, 0.3) is 0 Å². The van der Waals surface area contributed by atoms with Crippen LogP contribution < -0.4 is 0 Å². The van der Waals surface area contributed by atoms with E-state index in [2.05, 4.69) is 9.97 Å². The Balaban J connectivity index is 1.41. The Bertz CT molecular complexity index is 4010. The third-order valence-electron chi connectivity index (χ3n) is 8.10. The molecule has 0 unspecified atom stereocenters. The van der Waals surface area contributed by atoms with Gasteiger partial charge in [-0.15, -0.1) is 0 Å². The molecule has 4 nitrogen and oxygen atoms in total. The van der Waals surface area contributed by atoms with Gasteiger partial charge in [-0.05, 0) is 55.6 Å². The third-order valence-corrected chi connectivity index (χ3v) is 8.10. The summed E-state index contributed by atoms with van der Waals surface area (Å²) in [5.74, 6) is -1.31. The largest absolute Gasteiger partial charge is 0.456 e. The first-order valence-electron chi connectivity index (χ1n) is 24.8. The molecule has 0 atom stereocenters. The van der Waals surface area contributed by atoms with Crippen LogP contribution >= 0.6 is 0 Å². The monoisotopic (exact) mass is 645 g/mol. The summed E-state index contributed by atoms with van der Waals surface area (Å²) >= 11 is 0. The highest BCUT2D eigenvalue weighted by atomic mass is 16.3. The molecule has 0 fully saturated rings. The number of hydrogen-bond donors (Lipinski definition) is 0. The predicted molar refractivity (Wildman–Crippen MR) is 201 cm³/mol. The van der Waals surface area contributed by atoms with Crippen LogP contribution in [-0.2, 0) is 0 Å². The second-order valence-corrected chi connectivity index (χ2v) is 10.8. The molecule has 0 spiro atoms. The minimum absolute atomic E-state index is 0.217. The van der Waals surface area contributed by atoms with Crippen LogP contribution in [0.2, 0.25) is 0 Å². The van der Waals surface area contributed by atoms with E-state index in [-0.39, 0.29) is 11.4 Å². The molecule has 0 N–H and O–H groups in total. The molecule has 0 amide bonds. The van der Waals surface area contributed by atoms with Crippen molar-refractivity contribution in [2.75, 3.05) is 0 Å². The standard InChI is InChI=1S/C45H27N3O/c1-2-13-29(14-3-1)43-46-44(48-45(47-43)39-23-11-25-41-42(39)38-16-6-7-24-40(38)49-41)37-22-10-20-33-32(18-9-21-35(33)37)34-19-8-17-31-30-15-5-4-12-28(30)26-27-36(31)34/h1-27H/i1D,2D,3D,4D,5D,8D,9D,10D,12D,13D,14D,15D,17D,18D,19D,20D,21D,22D,26D,27D. The molecule has 10 aromatic rings. The lowest BCUT2D eigenvalue weighted by Gasteiger charge is -2.14. The van der Waals surface area contributed by atoms with E-state index in [1.165, 1.54) is 0 Å². The molecular weight excluding hydrogens is 599 g/mol. The van der Waals surface area contributed by atoms with Crippen molar-refractivity contribution >= 4 is 54.3 Å². The zero-order chi connectivity index (χ0) is 49.7. The van der Waals surface area contributed by atoms with E-state index in [9.17, 15) is 9.60 Å². The van der Waals surface area contributed by atoms with Gasteiger partial charge in [0.05, 0.1) is 27.4 Å². The first kappa shape index (κ1) is 14.2. The smallest absolute Gasteiger partial charge is 0.164 e. The zero-order valence-corrected chi connectivity index (χ0v) is 24.8. The molecular formula is C45H27N3O. The van der Waals surface area contributed by atoms with Gasteiger partial charge >= 0.3 is 0 Å². The number of fused-ring (bicyclic) bond motifs is 7. The SMILES string of the molecule is [2H]c1c([2H])c([2H])c(-c2nc(-c3c([2H])c([2H])c([2H])c4c(-c5c([2H])c([2H])c([2H])c6c5c([2H])c([2H])c5c([2H])c([2H])c([2H])c([2H])c56)c([2H])c([2H])c([2H])c34)nc(-c3cccc4oc5ccccc5c34)n2)c([2H])c1[2H]. The van der Waals surface area contributed by atoms with Crippen LogP contribution in [-0.4, -0.2) is 15.0 Å². The lowest BCUT2D eigenvalue weighted by molar-refractivity contribution is 0.669. The van der Waals surface area contributed by atoms with E-state index in [1.54, 1.807) is 42.5 Å². The number of aromatic nitrogens is 3. The maximum Gasteiger partial charge on any atom is 0.164 e. The second kappa shape index (κ2) is 11.0. The first-order valence-corrected chi connectivity index (χ1v) is 14.8. The van der Waals surface area contributed by atoms with Gasteiger partial charge in [-0.2, -0.15) is 0 Å². The van der Waals surface area contributed by atoms with Crippen molar-refractivity contribution < 1.29 is 31.8 Å². The molecule has 2 heterocycles. The van der Waals surface area contributed by atoms with Crippen molar-refractivity contribution in [1.29, 1.82) is 0 Å². The summed E-state index contributed by atoms with van der Waals surface area (Å²) in [5.41, 5.74) is -1.18. The Kier molecular flexibility index (Phi) is 3.18. The highest BCUT2D eigenvalue weighted by Gasteiger charge is 2.19. The Morgan fingerprint density at radius 1 is 0.388 bits per heavy atom. The van der Waals surface area contributed by atoms with Crippen molar-refractivity contribution in [3.8, 4) is 45.3 Å². The number of nitrogens with zero attached hydrogens (tertiary/aromatic N) is 3. The summed E-state index contributed by atoms with van der Waals surface area (Å²) in [4.78, 5) is 13.9. The lowest BCUT2D eigenvalue weighted by Crippen LogP contribution is -2.01. The molecule has 0 aliphatic heterocycles. The lowest BCUT2D eigenvalue weighted by atomic mass is 9.91. The van der Waals surface area contributed by atoms with Gasteiger partial charge in [-0.3, -0.25) is 0 Å². The number of hydrogen-bond acceptors (Lipinski definition) is 4. The Hall–Kier alpha value is -6.65.